The quantitative estimate of drug-likeness (QED) is 0.685. The Balaban J connectivity index is 2.46. The first-order valence-electron chi connectivity index (χ1n) is 4.44. The predicted molar refractivity (Wildman–Crippen MR) is 51.9 cm³/mol. The average molecular weight is 193 g/mol. The Hall–Kier alpha value is -1.71. The SMILES string of the molecule is CC1COc2ccccc2N1C(=O)O. The maximum absolute atomic E-state index is 11.0. The van der Waals surface area contributed by atoms with Gasteiger partial charge in [-0.3, -0.25) is 4.90 Å². The van der Waals surface area contributed by atoms with Crippen LogP contribution in [0.25, 0.3) is 0 Å². The maximum atomic E-state index is 11.0. The molecule has 0 aromatic heterocycles. The van der Waals surface area contributed by atoms with E-state index < -0.39 is 6.09 Å². The zero-order chi connectivity index (χ0) is 10.1. The van der Waals surface area contributed by atoms with E-state index in [-0.39, 0.29) is 6.04 Å². The Kier molecular flexibility index (Phi) is 2.04. The van der Waals surface area contributed by atoms with Gasteiger partial charge in [0.25, 0.3) is 0 Å². The van der Waals surface area contributed by atoms with Crippen molar-refractivity contribution < 1.29 is 14.6 Å². The lowest BCUT2D eigenvalue weighted by Crippen LogP contribution is -2.44. The van der Waals surface area contributed by atoms with Crippen molar-refractivity contribution in [1.82, 2.24) is 0 Å². The van der Waals surface area contributed by atoms with E-state index in [2.05, 4.69) is 0 Å². The highest BCUT2D eigenvalue weighted by Gasteiger charge is 2.28. The summed E-state index contributed by atoms with van der Waals surface area (Å²) >= 11 is 0. The van der Waals surface area contributed by atoms with E-state index in [1.54, 1.807) is 18.2 Å². The molecule has 1 aromatic rings. The van der Waals surface area contributed by atoms with Crippen molar-refractivity contribution in [3.63, 3.8) is 0 Å². The topological polar surface area (TPSA) is 49.8 Å². The smallest absolute Gasteiger partial charge is 0.412 e. The van der Waals surface area contributed by atoms with Gasteiger partial charge in [0.1, 0.15) is 12.4 Å². The van der Waals surface area contributed by atoms with E-state index in [1.807, 2.05) is 13.0 Å². The number of fused-ring (bicyclic) bond motifs is 1. The molecule has 0 saturated carbocycles. The molecule has 74 valence electrons. The second-order valence-corrected chi connectivity index (χ2v) is 3.28. The fourth-order valence-electron chi connectivity index (χ4n) is 1.59. The number of amides is 1. The minimum Gasteiger partial charge on any atom is -0.489 e. The molecule has 14 heavy (non-hydrogen) atoms. The van der Waals surface area contributed by atoms with Crippen LogP contribution in [0, 0.1) is 0 Å². The normalized spacial score (nSPS) is 19.8. The van der Waals surface area contributed by atoms with Gasteiger partial charge in [-0.25, -0.2) is 4.79 Å². The number of hydrogen-bond donors (Lipinski definition) is 1. The van der Waals surface area contributed by atoms with Crippen molar-refractivity contribution in [3.05, 3.63) is 24.3 Å². The lowest BCUT2D eigenvalue weighted by atomic mass is 10.2. The average Bonchev–Trinajstić information content (AvgIpc) is 2.17. The fraction of sp³-hybridized carbons (Fsp3) is 0.300. The van der Waals surface area contributed by atoms with E-state index in [4.69, 9.17) is 9.84 Å². The van der Waals surface area contributed by atoms with Gasteiger partial charge >= 0.3 is 6.09 Å². The molecule has 1 aliphatic rings. The van der Waals surface area contributed by atoms with Crippen molar-refractivity contribution in [2.45, 2.75) is 13.0 Å². The molecule has 1 amide bonds. The van der Waals surface area contributed by atoms with E-state index in [0.29, 0.717) is 18.0 Å². The Morgan fingerprint density at radius 1 is 1.57 bits per heavy atom. The monoisotopic (exact) mass is 193 g/mol. The molecule has 0 radical (unpaired) electrons. The van der Waals surface area contributed by atoms with Crippen molar-refractivity contribution in [1.29, 1.82) is 0 Å². The number of rotatable bonds is 0. The summed E-state index contributed by atoms with van der Waals surface area (Å²) in [5.74, 6) is 0.632. The molecule has 2 rings (SSSR count). The van der Waals surface area contributed by atoms with E-state index >= 15 is 0 Å². The van der Waals surface area contributed by atoms with Gasteiger partial charge in [-0.05, 0) is 19.1 Å². The molecule has 1 N–H and O–H groups in total. The van der Waals surface area contributed by atoms with Crippen LogP contribution in [-0.4, -0.2) is 23.8 Å². The molecule has 0 fully saturated rings. The summed E-state index contributed by atoms with van der Waals surface area (Å²) in [6.07, 6.45) is -0.937. The van der Waals surface area contributed by atoms with Gasteiger partial charge in [0.05, 0.1) is 11.7 Å². The molecule has 1 aromatic carbocycles. The first kappa shape index (κ1) is 8.87. The lowest BCUT2D eigenvalue weighted by Gasteiger charge is -2.32. The molecule has 4 nitrogen and oxygen atoms in total. The highest BCUT2D eigenvalue weighted by molar-refractivity contribution is 5.89. The van der Waals surface area contributed by atoms with Gasteiger partial charge in [-0.2, -0.15) is 0 Å². The summed E-state index contributed by atoms with van der Waals surface area (Å²) in [6, 6.07) is 7.02. The number of anilines is 1. The first-order valence-corrected chi connectivity index (χ1v) is 4.44. The summed E-state index contributed by atoms with van der Waals surface area (Å²) in [5, 5.41) is 9.03. The zero-order valence-corrected chi connectivity index (χ0v) is 7.80. The van der Waals surface area contributed by atoms with Crippen LogP contribution < -0.4 is 9.64 Å². The number of carbonyl (C=O) groups is 1. The third-order valence-corrected chi connectivity index (χ3v) is 2.25. The second-order valence-electron chi connectivity index (χ2n) is 3.28. The molecule has 0 aliphatic carbocycles. The van der Waals surface area contributed by atoms with Gasteiger partial charge in [-0.15, -0.1) is 0 Å². The van der Waals surface area contributed by atoms with Crippen LogP contribution >= 0.6 is 0 Å². The first-order chi connectivity index (χ1) is 6.70. The van der Waals surface area contributed by atoms with Crippen LogP contribution in [0.1, 0.15) is 6.92 Å². The van der Waals surface area contributed by atoms with Crippen LogP contribution in [0.3, 0.4) is 0 Å². The summed E-state index contributed by atoms with van der Waals surface area (Å²) in [5.41, 5.74) is 0.624. The van der Waals surface area contributed by atoms with Crippen molar-refractivity contribution >= 4 is 11.8 Å². The summed E-state index contributed by atoms with van der Waals surface area (Å²) in [4.78, 5) is 12.3. The molecule has 4 heteroatoms. The van der Waals surface area contributed by atoms with Crippen molar-refractivity contribution in [2.24, 2.45) is 0 Å². The Labute approximate surface area is 81.7 Å². The molecule has 1 unspecified atom stereocenters. The van der Waals surface area contributed by atoms with Crippen LogP contribution in [0.15, 0.2) is 24.3 Å². The van der Waals surface area contributed by atoms with E-state index in [1.165, 1.54) is 4.90 Å². The molecule has 0 saturated heterocycles. The molecular formula is C10H11NO3. The minimum atomic E-state index is -0.937. The molecule has 0 bridgehead atoms. The number of nitrogens with zero attached hydrogens (tertiary/aromatic N) is 1. The Morgan fingerprint density at radius 3 is 3.00 bits per heavy atom. The van der Waals surface area contributed by atoms with Gasteiger partial charge < -0.3 is 9.84 Å². The summed E-state index contributed by atoms with van der Waals surface area (Å²) in [7, 11) is 0. The number of ether oxygens (including phenoxy) is 1. The third kappa shape index (κ3) is 1.28. The molecule has 1 atom stereocenters. The molecule has 1 heterocycles. The number of carboxylic acid groups (broad SMARTS) is 1. The van der Waals surface area contributed by atoms with Crippen LogP contribution in [0.5, 0.6) is 5.75 Å². The predicted octanol–water partition coefficient (Wildman–Crippen LogP) is 1.95. The lowest BCUT2D eigenvalue weighted by molar-refractivity contribution is 0.190. The van der Waals surface area contributed by atoms with Crippen molar-refractivity contribution in [3.8, 4) is 5.75 Å². The van der Waals surface area contributed by atoms with Gasteiger partial charge in [0, 0.05) is 0 Å². The summed E-state index contributed by atoms with van der Waals surface area (Å²) < 4.78 is 5.41. The fourth-order valence-corrected chi connectivity index (χ4v) is 1.59. The van der Waals surface area contributed by atoms with Gasteiger partial charge in [-0.1, -0.05) is 12.1 Å². The second kappa shape index (κ2) is 3.21. The molecular weight excluding hydrogens is 182 g/mol. The summed E-state index contributed by atoms with van der Waals surface area (Å²) in [6.45, 7) is 2.23. The zero-order valence-electron chi connectivity index (χ0n) is 7.80. The van der Waals surface area contributed by atoms with Gasteiger partial charge in [0.15, 0.2) is 0 Å². The Bertz CT molecular complexity index is 364. The number of para-hydroxylation sites is 2. The standard InChI is InChI=1S/C10H11NO3/c1-7-6-14-9-5-3-2-4-8(9)11(7)10(12)13/h2-5,7H,6H2,1H3,(H,12,13). The van der Waals surface area contributed by atoms with E-state index in [9.17, 15) is 4.79 Å². The molecule has 0 spiro atoms. The van der Waals surface area contributed by atoms with Gasteiger partial charge in [0.2, 0.25) is 0 Å². The van der Waals surface area contributed by atoms with E-state index in [0.717, 1.165) is 0 Å². The van der Waals surface area contributed by atoms with Crippen LogP contribution in [-0.2, 0) is 0 Å². The largest absolute Gasteiger partial charge is 0.489 e. The number of benzene rings is 1. The van der Waals surface area contributed by atoms with Crippen LogP contribution in [0.4, 0.5) is 10.5 Å². The minimum absolute atomic E-state index is 0.137. The third-order valence-electron chi connectivity index (χ3n) is 2.25. The molecule has 1 aliphatic heterocycles. The Morgan fingerprint density at radius 2 is 2.29 bits per heavy atom. The highest BCUT2D eigenvalue weighted by atomic mass is 16.5. The van der Waals surface area contributed by atoms with Crippen molar-refractivity contribution in [2.75, 3.05) is 11.5 Å². The highest BCUT2D eigenvalue weighted by Crippen LogP contribution is 2.33. The maximum Gasteiger partial charge on any atom is 0.412 e. The number of hydrogen-bond acceptors (Lipinski definition) is 2. The van der Waals surface area contributed by atoms with Crippen LogP contribution in [0.2, 0.25) is 0 Å².